The van der Waals surface area contributed by atoms with Crippen LogP contribution in [-0.4, -0.2) is 5.78 Å². The molecule has 1 saturated carbocycles. The first-order valence-electron chi connectivity index (χ1n) is 4.54. The minimum absolute atomic E-state index is 0.0802. The molecule has 2 nitrogen and oxygen atoms in total. The molecule has 0 amide bonds. The van der Waals surface area contributed by atoms with Crippen LogP contribution in [0, 0.1) is 5.92 Å². The second-order valence-electron chi connectivity index (χ2n) is 3.53. The molecule has 0 unspecified atom stereocenters. The average molecular weight is 199 g/mol. The van der Waals surface area contributed by atoms with Gasteiger partial charge in [0.05, 0.1) is 0 Å². The number of halogens is 1. The van der Waals surface area contributed by atoms with Gasteiger partial charge in [-0.3, -0.25) is 4.79 Å². The maximum atomic E-state index is 11.5. The number of carbonyl (C=O) groups excluding carboxylic acids is 1. The zero-order valence-corrected chi connectivity index (χ0v) is 8.01. The normalized spacial score (nSPS) is 17.0. The molecule has 0 saturated heterocycles. The molecule has 70 valence electrons. The first-order valence-corrected chi connectivity index (χ1v) is 4.92. The number of carbonyl (C=O) groups is 1. The molecule has 0 aromatic carbocycles. The van der Waals surface area contributed by atoms with Gasteiger partial charge in [-0.25, -0.2) is 0 Å². The van der Waals surface area contributed by atoms with Crippen molar-refractivity contribution in [3.63, 3.8) is 0 Å². The van der Waals surface area contributed by atoms with Crippen molar-refractivity contribution in [3.05, 3.63) is 23.1 Å². The van der Waals surface area contributed by atoms with E-state index in [9.17, 15) is 4.79 Å². The van der Waals surface area contributed by atoms with Gasteiger partial charge in [0.15, 0.2) is 16.8 Å². The molecule has 1 aliphatic rings. The summed E-state index contributed by atoms with van der Waals surface area (Å²) in [6.07, 6.45) is 4.24. The SMILES string of the molecule is O=C(CC1CCC1)c1ccc(Cl)o1. The Balaban J connectivity index is 1.96. The molecule has 0 atom stereocenters. The summed E-state index contributed by atoms with van der Waals surface area (Å²) in [5.74, 6) is 1.06. The van der Waals surface area contributed by atoms with E-state index in [1.807, 2.05) is 0 Å². The Morgan fingerprint density at radius 2 is 2.31 bits per heavy atom. The number of ketones is 1. The monoisotopic (exact) mass is 198 g/mol. The second-order valence-corrected chi connectivity index (χ2v) is 3.90. The molecule has 1 fully saturated rings. The molecule has 1 heterocycles. The predicted octanol–water partition coefficient (Wildman–Crippen LogP) is 3.31. The Morgan fingerprint density at radius 1 is 1.54 bits per heavy atom. The van der Waals surface area contributed by atoms with Gasteiger partial charge < -0.3 is 4.42 Å². The topological polar surface area (TPSA) is 30.2 Å². The molecule has 13 heavy (non-hydrogen) atoms. The summed E-state index contributed by atoms with van der Waals surface area (Å²) in [6.45, 7) is 0. The van der Waals surface area contributed by atoms with E-state index >= 15 is 0 Å². The lowest BCUT2D eigenvalue weighted by Crippen LogP contribution is -2.15. The fourth-order valence-electron chi connectivity index (χ4n) is 1.52. The van der Waals surface area contributed by atoms with Crippen molar-refractivity contribution in [1.29, 1.82) is 0 Å². The Kier molecular flexibility index (Phi) is 2.40. The maximum Gasteiger partial charge on any atom is 0.198 e. The van der Waals surface area contributed by atoms with Crippen LogP contribution in [-0.2, 0) is 0 Å². The molecule has 0 radical (unpaired) electrons. The van der Waals surface area contributed by atoms with Crippen LogP contribution in [0.2, 0.25) is 5.22 Å². The van der Waals surface area contributed by atoms with E-state index in [0.717, 1.165) is 0 Å². The second kappa shape index (κ2) is 3.54. The summed E-state index contributed by atoms with van der Waals surface area (Å²) in [4.78, 5) is 11.5. The molecule has 3 heteroatoms. The van der Waals surface area contributed by atoms with Crippen LogP contribution < -0.4 is 0 Å². The van der Waals surface area contributed by atoms with Gasteiger partial charge in [-0.15, -0.1) is 0 Å². The van der Waals surface area contributed by atoms with Gasteiger partial charge in [-0.2, -0.15) is 0 Å². The highest BCUT2D eigenvalue weighted by Gasteiger charge is 2.22. The zero-order chi connectivity index (χ0) is 9.26. The van der Waals surface area contributed by atoms with Crippen LogP contribution in [0.3, 0.4) is 0 Å². The van der Waals surface area contributed by atoms with Gasteiger partial charge in [-0.05, 0) is 42.5 Å². The summed E-state index contributed by atoms with van der Waals surface area (Å²) in [6, 6.07) is 3.25. The van der Waals surface area contributed by atoms with Crippen LogP contribution in [0.25, 0.3) is 0 Å². The van der Waals surface area contributed by atoms with Crippen molar-refractivity contribution in [2.24, 2.45) is 5.92 Å². The van der Waals surface area contributed by atoms with Gasteiger partial charge >= 0.3 is 0 Å². The molecule has 0 aliphatic heterocycles. The summed E-state index contributed by atoms with van der Waals surface area (Å²) in [7, 11) is 0. The summed E-state index contributed by atoms with van der Waals surface area (Å²) in [5, 5.41) is 0.289. The standard InChI is InChI=1S/C10H11ClO2/c11-10-5-4-9(13-10)8(12)6-7-2-1-3-7/h4-5,7H,1-3,6H2. The Bertz CT molecular complexity index is 312. The van der Waals surface area contributed by atoms with Crippen molar-refractivity contribution in [3.8, 4) is 0 Å². The van der Waals surface area contributed by atoms with E-state index in [0.29, 0.717) is 18.1 Å². The maximum absolute atomic E-state index is 11.5. The van der Waals surface area contributed by atoms with Crippen molar-refractivity contribution >= 4 is 17.4 Å². The van der Waals surface area contributed by atoms with E-state index in [-0.39, 0.29) is 11.0 Å². The summed E-state index contributed by atoms with van der Waals surface area (Å²) >= 11 is 5.57. The van der Waals surface area contributed by atoms with E-state index in [1.54, 1.807) is 12.1 Å². The van der Waals surface area contributed by atoms with E-state index < -0.39 is 0 Å². The minimum atomic E-state index is 0.0802. The number of Topliss-reactive ketones (excluding diaryl/α,β-unsaturated/α-hetero) is 1. The molecule has 2 rings (SSSR count). The third-order valence-corrected chi connectivity index (χ3v) is 2.75. The Morgan fingerprint density at radius 3 is 2.77 bits per heavy atom. The largest absolute Gasteiger partial charge is 0.442 e. The van der Waals surface area contributed by atoms with Crippen LogP contribution >= 0.6 is 11.6 Å². The highest BCUT2D eigenvalue weighted by molar-refractivity contribution is 6.29. The van der Waals surface area contributed by atoms with Crippen LogP contribution in [0.15, 0.2) is 16.5 Å². The van der Waals surface area contributed by atoms with Crippen molar-refractivity contribution in [2.75, 3.05) is 0 Å². The van der Waals surface area contributed by atoms with E-state index in [2.05, 4.69) is 0 Å². The molecule has 1 aliphatic carbocycles. The summed E-state index contributed by atoms with van der Waals surface area (Å²) < 4.78 is 5.03. The smallest absolute Gasteiger partial charge is 0.198 e. The lowest BCUT2D eigenvalue weighted by Gasteiger charge is -2.23. The third-order valence-electron chi connectivity index (χ3n) is 2.55. The predicted molar refractivity (Wildman–Crippen MR) is 50.0 cm³/mol. The first-order chi connectivity index (χ1) is 6.25. The fraction of sp³-hybridized carbons (Fsp3) is 0.500. The van der Waals surface area contributed by atoms with Crippen LogP contribution in [0.1, 0.15) is 36.2 Å². The van der Waals surface area contributed by atoms with Crippen LogP contribution in [0.4, 0.5) is 0 Å². The highest BCUT2D eigenvalue weighted by Crippen LogP contribution is 2.30. The number of rotatable bonds is 3. The highest BCUT2D eigenvalue weighted by atomic mass is 35.5. The lowest BCUT2D eigenvalue weighted by molar-refractivity contribution is 0.0909. The molecule has 0 spiro atoms. The summed E-state index contributed by atoms with van der Waals surface area (Å²) in [5.41, 5.74) is 0. The van der Waals surface area contributed by atoms with Crippen molar-refractivity contribution < 1.29 is 9.21 Å². The number of hydrogen-bond donors (Lipinski definition) is 0. The fourth-order valence-corrected chi connectivity index (χ4v) is 1.67. The van der Waals surface area contributed by atoms with Gasteiger partial charge in [-0.1, -0.05) is 6.42 Å². The van der Waals surface area contributed by atoms with E-state index in [4.69, 9.17) is 16.0 Å². The zero-order valence-electron chi connectivity index (χ0n) is 7.25. The van der Waals surface area contributed by atoms with Gasteiger partial charge in [0.25, 0.3) is 0 Å². The van der Waals surface area contributed by atoms with Crippen molar-refractivity contribution in [2.45, 2.75) is 25.7 Å². The van der Waals surface area contributed by atoms with Crippen LogP contribution in [0.5, 0.6) is 0 Å². The first kappa shape index (κ1) is 8.82. The van der Waals surface area contributed by atoms with Gasteiger partial charge in [0, 0.05) is 6.42 Å². The molecule has 1 aromatic rings. The Hall–Kier alpha value is -0.760. The molecular formula is C10H11ClO2. The quantitative estimate of drug-likeness (QED) is 0.698. The average Bonchev–Trinajstić information content (AvgIpc) is 2.44. The molecular weight excluding hydrogens is 188 g/mol. The number of furan rings is 1. The molecule has 0 N–H and O–H groups in total. The minimum Gasteiger partial charge on any atom is -0.442 e. The van der Waals surface area contributed by atoms with Gasteiger partial charge in [0.1, 0.15) is 0 Å². The van der Waals surface area contributed by atoms with Gasteiger partial charge in [0.2, 0.25) is 0 Å². The van der Waals surface area contributed by atoms with Crippen molar-refractivity contribution in [1.82, 2.24) is 0 Å². The third kappa shape index (κ3) is 1.94. The number of hydrogen-bond acceptors (Lipinski definition) is 2. The molecule has 0 bridgehead atoms. The Labute approximate surface area is 81.9 Å². The van der Waals surface area contributed by atoms with E-state index in [1.165, 1.54) is 19.3 Å². The lowest BCUT2D eigenvalue weighted by atomic mass is 9.81. The molecule has 1 aromatic heterocycles.